The summed E-state index contributed by atoms with van der Waals surface area (Å²) in [5.41, 5.74) is 6.84. The molecule has 0 atom stereocenters. The summed E-state index contributed by atoms with van der Waals surface area (Å²) in [5, 5.41) is 0. The van der Waals surface area contributed by atoms with Crippen LogP contribution in [-0.4, -0.2) is 25.5 Å². The second-order valence-corrected chi connectivity index (χ2v) is 3.80. The molecule has 0 amide bonds. The van der Waals surface area contributed by atoms with Crippen LogP contribution in [0.3, 0.4) is 0 Å². The van der Waals surface area contributed by atoms with Crippen molar-refractivity contribution in [2.45, 2.75) is 13.3 Å². The lowest BCUT2D eigenvalue weighted by Crippen LogP contribution is -2.14. The first-order valence-electron chi connectivity index (χ1n) is 5.36. The topological polar surface area (TPSA) is 61.6 Å². The fourth-order valence-electron chi connectivity index (χ4n) is 1.73. The Bertz CT molecular complexity index is 415. The van der Waals surface area contributed by atoms with Gasteiger partial charge in [0.2, 0.25) is 0 Å². The molecule has 2 rings (SSSR count). The van der Waals surface area contributed by atoms with Gasteiger partial charge in [-0.15, -0.1) is 0 Å². The van der Waals surface area contributed by atoms with E-state index in [4.69, 9.17) is 15.2 Å². The molecule has 2 N–H and O–H groups in total. The lowest BCUT2D eigenvalue weighted by molar-refractivity contribution is 0.100. The Hall–Kier alpha value is -1.55. The maximum atomic E-state index is 11.5. The summed E-state index contributed by atoms with van der Waals surface area (Å²) in [6.07, 6.45) is 0.855. The zero-order valence-corrected chi connectivity index (χ0v) is 9.29. The summed E-state index contributed by atoms with van der Waals surface area (Å²) in [5.74, 6) is 1.30. The minimum Gasteiger partial charge on any atom is -0.490 e. The van der Waals surface area contributed by atoms with Gasteiger partial charge in [-0.05, 0) is 24.6 Å². The van der Waals surface area contributed by atoms with Crippen molar-refractivity contribution in [2.24, 2.45) is 5.73 Å². The van der Waals surface area contributed by atoms with E-state index in [1.54, 1.807) is 12.1 Å². The minimum atomic E-state index is -0.0845. The third-order valence-electron chi connectivity index (χ3n) is 2.54. The number of rotatable bonds is 2. The quantitative estimate of drug-likeness (QED) is 0.764. The number of carbonyl (C=O) groups is 1. The summed E-state index contributed by atoms with van der Waals surface area (Å²) < 4.78 is 11.1. The average molecular weight is 221 g/mol. The molecule has 0 bridgehead atoms. The molecule has 4 heteroatoms. The highest BCUT2D eigenvalue weighted by molar-refractivity contribution is 5.98. The van der Waals surface area contributed by atoms with Crippen molar-refractivity contribution < 1.29 is 14.3 Å². The van der Waals surface area contributed by atoms with Crippen molar-refractivity contribution in [3.63, 3.8) is 0 Å². The van der Waals surface area contributed by atoms with Gasteiger partial charge in [-0.25, -0.2) is 0 Å². The van der Waals surface area contributed by atoms with E-state index in [2.05, 4.69) is 0 Å². The average Bonchev–Trinajstić information content (AvgIpc) is 2.53. The van der Waals surface area contributed by atoms with Gasteiger partial charge < -0.3 is 15.2 Å². The molecule has 1 aromatic rings. The van der Waals surface area contributed by atoms with Crippen molar-refractivity contribution in [1.29, 1.82) is 0 Å². The van der Waals surface area contributed by atoms with Crippen molar-refractivity contribution in [3.8, 4) is 11.5 Å². The number of ketones is 1. The molecular weight excluding hydrogens is 206 g/mol. The van der Waals surface area contributed by atoms with Crippen LogP contribution in [0.4, 0.5) is 0 Å². The molecular formula is C12H15NO3. The van der Waals surface area contributed by atoms with Crippen molar-refractivity contribution in [2.75, 3.05) is 19.8 Å². The summed E-state index contributed by atoms with van der Waals surface area (Å²) in [7, 11) is 0. The molecule has 0 aromatic heterocycles. The second kappa shape index (κ2) is 4.53. The summed E-state index contributed by atoms with van der Waals surface area (Å²) in [6.45, 7) is 3.19. The molecule has 0 saturated heterocycles. The van der Waals surface area contributed by atoms with Crippen LogP contribution in [0.5, 0.6) is 11.5 Å². The third-order valence-corrected chi connectivity index (χ3v) is 2.54. The van der Waals surface area contributed by atoms with Crippen LogP contribution in [0.25, 0.3) is 0 Å². The van der Waals surface area contributed by atoms with Gasteiger partial charge >= 0.3 is 0 Å². The fourth-order valence-corrected chi connectivity index (χ4v) is 1.73. The molecule has 0 unspecified atom stereocenters. The van der Waals surface area contributed by atoms with E-state index in [1.165, 1.54) is 0 Å². The number of hydrogen-bond acceptors (Lipinski definition) is 4. The molecule has 0 fully saturated rings. The molecule has 0 aliphatic carbocycles. The molecule has 4 nitrogen and oxygen atoms in total. The van der Waals surface area contributed by atoms with Crippen LogP contribution in [0.1, 0.15) is 22.3 Å². The summed E-state index contributed by atoms with van der Waals surface area (Å²) in [6, 6.07) is 3.51. The molecule has 0 radical (unpaired) electrons. The Morgan fingerprint density at radius 2 is 2.12 bits per heavy atom. The maximum absolute atomic E-state index is 11.5. The maximum Gasteiger partial charge on any atom is 0.176 e. The standard InChI is InChI=1S/C12H15NO3/c1-8-5-9(10(14)7-13)6-11-12(8)16-4-2-3-15-11/h5-6H,2-4,7,13H2,1H3. The second-order valence-electron chi connectivity index (χ2n) is 3.80. The fraction of sp³-hybridized carbons (Fsp3) is 0.417. The normalized spacial score (nSPS) is 14.4. The molecule has 0 saturated carbocycles. The van der Waals surface area contributed by atoms with Crippen LogP contribution in [0, 0.1) is 6.92 Å². The number of nitrogens with two attached hydrogens (primary N) is 1. The Balaban J connectivity index is 2.43. The predicted octanol–water partition coefficient (Wildman–Crippen LogP) is 1.30. The Labute approximate surface area is 94.3 Å². The zero-order chi connectivity index (χ0) is 11.5. The van der Waals surface area contributed by atoms with Gasteiger partial charge in [0.05, 0.1) is 19.8 Å². The van der Waals surface area contributed by atoms with Crippen LogP contribution >= 0.6 is 0 Å². The first-order valence-corrected chi connectivity index (χ1v) is 5.36. The lowest BCUT2D eigenvalue weighted by atomic mass is 10.1. The first-order chi connectivity index (χ1) is 7.72. The Morgan fingerprint density at radius 3 is 2.88 bits per heavy atom. The van der Waals surface area contributed by atoms with Crippen molar-refractivity contribution >= 4 is 5.78 Å². The number of carbonyl (C=O) groups excluding carboxylic acids is 1. The van der Waals surface area contributed by atoms with E-state index in [0.29, 0.717) is 24.5 Å². The molecule has 1 aliphatic rings. The SMILES string of the molecule is Cc1cc(C(=O)CN)cc2c1OCCCO2. The van der Waals surface area contributed by atoms with Crippen LogP contribution in [0.2, 0.25) is 0 Å². The van der Waals surface area contributed by atoms with Gasteiger partial charge in [0.15, 0.2) is 17.3 Å². The van der Waals surface area contributed by atoms with E-state index >= 15 is 0 Å². The van der Waals surface area contributed by atoms with Crippen LogP contribution < -0.4 is 15.2 Å². The van der Waals surface area contributed by atoms with E-state index in [0.717, 1.165) is 17.7 Å². The summed E-state index contributed by atoms with van der Waals surface area (Å²) in [4.78, 5) is 11.5. The number of Topliss-reactive ketones (excluding diaryl/α,β-unsaturated/α-hetero) is 1. The van der Waals surface area contributed by atoms with Crippen LogP contribution in [0.15, 0.2) is 12.1 Å². The lowest BCUT2D eigenvalue weighted by Gasteiger charge is -2.11. The van der Waals surface area contributed by atoms with Crippen molar-refractivity contribution in [1.82, 2.24) is 0 Å². The molecule has 86 valence electrons. The van der Waals surface area contributed by atoms with Gasteiger partial charge in [-0.2, -0.15) is 0 Å². The largest absolute Gasteiger partial charge is 0.490 e. The Morgan fingerprint density at radius 1 is 1.38 bits per heavy atom. The minimum absolute atomic E-state index is 0.0130. The van der Waals surface area contributed by atoms with E-state index in [-0.39, 0.29) is 12.3 Å². The monoisotopic (exact) mass is 221 g/mol. The van der Waals surface area contributed by atoms with Crippen molar-refractivity contribution in [3.05, 3.63) is 23.3 Å². The zero-order valence-electron chi connectivity index (χ0n) is 9.29. The van der Waals surface area contributed by atoms with E-state index < -0.39 is 0 Å². The van der Waals surface area contributed by atoms with Gasteiger partial charge in [0.1, 0.15) is 0 Å². The highest BCUT2D eigenvalue weighted by atomic mass is 16.5. The highest BCUT2D eigenvalue weighted by Gasteiger charge is 2.16. The van der Waals surface area contributed by atoms with Crippen LogP contribution in [-0.2, 0) is 0 Å². The Kier molecular flexibility index (Phi) is 3.10. The van der Waals surface area contributed by atoms with Gasteiger partial charge in [-0.3, -0.25) is 4.79 Å². The number of aryl methyl sites for hydroxylation is 1. The highest BCUT2D eigenvalue weighted by Crippen LogP contribution is 2.34. The first kappa shape index (κ1) is 11.0. The number of ether oxygens (including phenoxy) is 2. The van der Waals surface area contributed by atoms with Gasteiger partial charge in [0, 0.05) is 12.0 Å². The van der Waals surface area contributed by atoms with E-state index in [9.17, 15) is 4.79 Å². The predicted molar refractivity (Wildman–Crippen MR) is 60.2 cm³/mol. The smallest absolute Gasteiger partial charge is 0.176 e. The molecule has 0 spiro atoms. The van der Waals surface area contributed by atoms with Gasteiger partial charge in [0.25, 0.3) is 0 Å². The van der Waals surface area contributed by atoms with E-state index in [1.807, 2.05) is 6.92 Å². The number of hydrogen-bond donors (Lipinski definition) is 1. The third kappa shape index (κ3) is 2.02. The molecule has 1 heterocycles. The number of benzene rings is 1. The number of fused-ring (bicyclic) bond motifs is 1. The summed E-state index contributed by atoms with van der Waals surface area (Å²) >= 11 is 0. The molecule has 1 aliphatic heterocycles. The van der Waals surface area contributed by atoms with Gasteiger partial charge in [-0.1, -0.05) is 0 Å². The molecule has 1 aromatic carbocycles. The molecule has 16 heavy (non-hydrogen) atoms.